The molecule has 1 saturated heterocycles. The third-order valence-corrected chi connectivity index (χ3v) is 7.11. The zero-order valence-electron chi connectivity index (χ0n) is 19.1. The van der Waals surface area contributed by atoms with E-state index in [4.69, 9.17) is 10.7 Å². The number of hydrogen-bond acceptors (Lipinski definition) is 4. The summed E-state index contributed by atoms with van der Waals surface area (Å²) in [5.74, 6) is 0.0133. The summed E-state index contributed by atoms with van der Waals surface area (Å²) in [4.78, 5) is 20.7. The second kappa shape index (κ2) is 9.89. The summed E-state index contributed by atoms with van der Waals surface area (Å²) in [6.45, 7) is 2.27. The molecule has 3 aromatic rings. The molecule has 172 valence electrons. The number of carbonyl (C=O) groups is 1. The lowest BCUT2D eigenvalue weighted by atomic mass is 9.90. The standard InChI is InChI=1S/C27H33N5O/c28-23-13-7-8-14-24(23)32-19-30-25(26(32)21-11-5-2-6-12-21)27(33)31-16-15-29-18-22(31)17-20-9-3-1-4-10-20/h1-6,9-12,19,22-24,29H,7-8,13-18,28H2/t22-,23+,24+/m1/s1. The van der Waals surface area contributed by atoms with Crippen LogP contribution in [0.2, 0.25) is 0 Å². The van der Waals surface area contributed by atoms with E-state index in [1.807, 2.05) is 35.5 Å². The van der Waals surface area contributed by atoms with Gasteiger partial charge in [0.15, 0.2) is 5.69 Å². The van der Waals surface area contributed by atoms with Crippen LogP contribution >= 0.6 is 0 Å². The van der Waals surface area contributed by atoms with Crippen molar-refractivity contribution in [3.8, 4) is 11.3 Å². The van der Waals surface area contributed by atoms with Crippen molar-refractivity contribution in [2.24, 2.45) is 5.73 Å². The molecule has 2 heterocycles. The van der Waals surface area contributed by atoms with E-state index in [1.165, 1.54) is 12.0 Å². The van der Waals surface area contributed by atoms with E-state index < -0.39 is 0 Å². The number of amides is 1. The van der Waals surface area contributed by atoms with Crippen LogP contribution < -0.4 is 11.1 Å². The van der Waals surface area contributed by atoms with Crippen LogP contribution in [0.1, 0.15) is 47.8 Å². The molecule has 0 bridgehead atoms. The van der Waals surface area contributed by atoms with E-state index in [-0.39, 0.29) is 24.0 Å². The van der Waals surface area contributed by atoms with Crippen LogP contribution in [0, 0.1) is 0 Å². The number of rotatable bonds is 5. The molecule has 1 aliphatic carbocycles. The summed E-state index contributed by atoms with van der Waals surface area (Å²) in [5.41, 5.74) is 10.2. The van der Waals surface area contributed by atoms with E-state index in [0.29, 0.717) is 12.2 Å². The van der Waals surface area contributed by atoms with Crippen LogP contribution in [0.15, 0.2) is 67.0 Å². The lowest BCUT2D eigenvalue weighted by Crippen LogP contribution is -2.54. The Kier molecular flexibility index (Phi) is 6.55. The molecule has 33 heavy (non-hydrogen) atoms. The summed E-state index contributed by atoms with van der Waals surface area (Å²) in [6.07, 6.45) is 7.03. The Labute approximate surface area is 195 Å². The van der Waals surface area contributed by atoms with Crippen LogP contribution in [0.3, 0.4) is 0 Å². The van der Waals surface area contributed by atoms with Crippen molar-refractivity contribution in [1.82, 2.24) is 19.8 Å². The third kappa shape index (κ3) is 4.59. The largest absolute Gasteiger partial charge is 0.331 e. The maximum Gasteiger partial charge on any atom is 0.275 e. The van der Waals surface area contributed by atoms with E-state index in [9.17, 15) is 4.79 Å². The first-order chi connectivity index (χ1) is 16.2. The highest BCUT2D eigenvalue weighted by atomic mass is 16.2. The molecule has 5 rings (SSSR count). The molecule has 2 aromatic carbocycles. The predicted octanol–water partition coefficient (Wildman–Crippen LogP) is 3.65. The van der Waals surface area contributed by atoms with Gasteiger partial charge in [0, 0.05) is 37.3 Å². The number of carbonyl (C=O) groups excluding carboxylic acids is 1. The zero-order valence-corrected chi connectivity index (χ0v) is 19.1. The number of benzene rings is 2. The number of hydrogen-bond donors (Lipinski definition) is 2. The van der Waals surface area contributed by atoms with Crippen molar-refractivity contribution in [3.63, 3.8) is 0 Å². The molecule has 1 aliphatic heterocycles. The second-order valence-corrected chi connectivity index (χ2v) is 9.28. The van der Waals surface area contributed by atoms with Crippen molar-refractivity contribution in [3.05, 3.63) is 78.2 Å². The van der Waals surface area contributed by atoms with Crippen LogP contribution in [-0.4, -0.2) is 52.1 Å². The zero-order chi connectivity index (χ0) is 22.6. The number of nitrogens with one attached hydrogen (secondary N) is 1. The summed E-state index contributed by atoms with van der Waals surface area (Å²) >= 11 is 0. The molecule has 1 amide bonds. The van der Waals surface area contributed by atoms with Gasteiger partial charge in [-0.25, -0.2) is 4.98 Å². The van der Waals surface area contributed by atoms with Gasteiger partial charge < -0.3 is 20.5 Å². The molecule has 1 saturated carbocycles. The van der Waals surface area contributed by atoms with Crippen molar-refractivity contribution in [2.45, 2.75) is 50.2 Å². The van der Waals surface area contributed by atoms with E-state index >= 15 is 0 Å². The normalized spacial score (nSPS) is 23.4. The van der Waals surface area contributed by atoms with Crippen LogP contribution in [-0.2, 0) is 6.42 Å². The van der Waals surface area contributed by atoms with Gasteiger partial charge in [-0.05, 0) is 24.8 Å². The lowest BCUT2D eigenvalue weighted by molar-refractivity contribution is 0.0631. The average Bonchev–Trinajstić information content (AvgIpc) is 3.30. The molecule has 2 fully saturated rings. The fraction of sp³-hybridized carbons (Fsp3) is 0.407. The topological polar surface area (TPSA) is 76.2 Å². The minimum absolute atomic E-state index is 0.0133. The van der Waals surface area contributed by atoms with E-state index in [2.05, 4.69) is 46.3 Å². The molecule has 0 unspecified atom stereocenters. The molecule has 2 aliphatic rings. The van der Waals surface area contributed by atoms with E-state index in [0.717, 1.165) is 50.0 Å². The number of nitrogens with two attached hydrogens (primary N) is 1. The van der Waals surface area contributed by atoms with E-state index in [1.54, 1.807) is 0 Å². The van der Waals surface area contributed by atoms with Gasteiger partial charge in [-0.3, -0.25) is 4.79 Å². The van der Waals surface area contributed by atoms with Gasteiger partial charge in [0.1, 0.15) is 0 Å². The smallest absolute Gasteiger partial charge is 0.275 e. The predicted molar refractivity (Wildman–Crippen MR) is 131 cm³/mol. The molecule has 6 nitrogen and oxygen atoms in total. The summed E-state index contributed by atoms with van der Waals surface area (Å²) < 4.78 is 2.18. The number of aromatic nitrogens is 2. The third-order valence-electron chi connectivity index (χ3n) is 7.11. The average molecular weight is 444 g/mol. The van der Waals surface area contributed by atoms with Crippen LogP contribution in [0.5, 0.6) is 0 Å². The minimum atomic E-state index is 0.0133. The van der Waals surface area contributed by atoms with Gasteiger partial charge in [0.2, 0.25) is 0 Å². The van der Waals surface area contributed by atoms with Gasteiger partial charge >= 0.3 is 0 Å². The Hall–Kier alpha value is -2.96. The molecule has 1 aromatic heterocycles. The van der Waals surface area contributed by atoms with Crippen LogP contribution in [0.4, 0.5) is 0 Å². The molecule has 0 radical (unpaired) electrons. The Morgan fingerprint density at radius 2 is 1.76 bits per heavy atom. The Morgan fingerprint density at radius 3 is 2.52 bits per heavy atom. The molecular formula is C27H33N5O. The van der Waals surface area contributed by atoms with Gasteiger partial charge in [-0.15, -0.1) is 0 Å². The van der Waals surface area contributed by atoms with Gasteiger partial charge in [-0.2, -0.15) is 0 Å². The number of imidazole rings is 1. The fourth-order valence-corrected chi connectivity index (χ4v) is 5.37. The highest BCUT2D eigenvalue weighted by molar-refractivity contribution is 5.98. The number of nitrogens with zero attached hydrogens (tertiary/aromatic N) is 3. The second-order valence-electron chi connectivity index (χ2n) is 9.28. The minimum Gasteiger partial charge on any atom is -0.331 e. The van der Waals surface area contributed by atoms with Gasteiger partial charge in [0.05, 0.1) is 18.1 Å². The quantitative estimate of drug-likeness (QED) is 0.631. The Morgan fingerprint density at radius 1 is 1.03 bits per heavy atom. The van der Waals surface area contributed by atoms with Crippen molar-refractivity contribution >= 4 is 5.91 Å². The highest BCUT2D eigenvalue weighted by Gasteiger charge is 2.33. The van der Waals surface area contributed by atoms with Gasteiger partial charge in [-0.1, -0.05) is 73.5 Å². The molecule has 6 heteroatoms. The summed E-state index contributed by atoms with van der Waals surface area (Å²) in [7, 11) is 0. The van der Waals surface area contributed by atoms with Gasteiger partial charge in [0.25, 0.3) is 5.91 Å². The van der Waals surface area contributed by atoms with Crippen molar-refractivity contribution in [1.29, 1.82) is 0 Å². The maximum absolute atomic E-state index is 14.0. The monoisotopic (exact) mass is 443 g/mol. The summed E-state index contributed by atoms with van der Waals surface area (Å²) in [5, 5.41) is 3.46. The molecule has 3 atom stereocenters. The first-order valence-corrected chi connectivity index (χ1v) is 12.2. The Balaban J connectivity index is 1.50. The SMILES string of the molecule is N[C@H]1CCCC[C@@H]1n1cnc(C(=O)N2CCNC[C@H]2Cc2ccccc2)c1-c1ccccc1. The molecule has 3 N–H and O–H groups in total. The first kappa shape index (κ1) is 21.9. The highest BCUT2D eigenvalue weighted by Crippen LogP contribution is 2.34. The van der Waals surface area contributed by atoms with Crippen molar-refractivity contribution in [2.75, 3.05) is 19.6 Å². The number of piperazine rings is 1. The lowest BCUT2D eigenvalue weighted by Gasteiger charge is -2.36. The Bertz CT molecular complexity index is 1060. The maximum atomic E-state index is 14.0. The molecule has 0 spiro atoms. The first-order valence-electron chi connectivity index (χ1n) is 12.2. The fourth-order valence-electron chi connectivity index (χ4n) is 5.37. The van der Waals surface area contributed by atoms with Crippen LogP contribution in [0.25, 0.3) is 11.3 Å². The molecular weight excluding hydrogens is 410 g/mol. The summed E-state index contributed by atoms with van der Waals surface area (Å²) in [6, 6.07) is 20.9. The van der Waals surface area contributed by atoms with Crippen molar-refractivity contribution < 1.29 is 4.79 Å².